The van der Waals surface area contributed by atoms with E-state index in [1.54, 1.807) is 20.8 Å². The summed E-state index contributed by atoms with van der Waals surface area (Å²) in [7, 11) is 0. The zero-order valence-electron chi connectivity index (χ0n) is 8.27. The van der Waals surface area contributed by atoms with Gasteiger partial charge in [0.25, 0.3) is 0 Å². The van der Waals surface area contributed by atoms with Gasteiger partial charge in [-0.1, -0.05) is 26.7 Å². The summed E-state index contributed by atoms with van der Waals surface area (Å²) in [6, 6.07) is 0. The summed E-state index contributed by atoms with van der Waals surface area (Å²) in [6.45, 7) is 9.35. The third-order valence-corrected chi connectivity index (χ3v) is 1.14. The largest absolute Gasteiger partial charge is 0.481 e. The van der Waals surface area contributed by atoms with Gasteiger partial charge in [0.1, 0.15) is 0 Å². The van der Waals surface area contributed by atoms with Gasteiger partial charge >= 0.3 is 5.97 Å². The molecule has 0 unspecified atom stereocenters. The van der Waals surface area contributed by atoms with E-state index in [0.717, 1.165) is 0 Å². The Morgan fingerprint density at radius 1 is 1.18 bits per heavy atom. The third kappa shape index (κ3) is 12.6. The van der Waals surface area contributed by atoms with E-state index in [2.05, 4.69) is 13.8 Å². The normalized spacial score (nSPS) is 9.91. The van der Waals surface area contributed by atoms with Gasteiger partial charge in [-0.05, 0) is 20.8 Å². The van der Waals surface area contributed by atoms with Crippen molar-refractivity contribution in [2.24, 2.45) is 5.41 Å². The Bertz CT molecular complexity index is 98.6. The van der Waals surface area contributed by atoms with E-state index in [1.165, 1.54) is 12.8 Å². The molecule has 2 nitrogen and oxygen atoms in total. The van der Waals surface area contributed by atoms with Crippen LogP contribution in [0.25, 0.3) is 0 Å². The molecular formula is C9H20O2. The second-order valence-electron chi connectivity index (χ2n) is 3.56. The van der Waals surface area contributed by atoms with E-state index >= 15 is 0 Å². The van der Waals surface area contributed by atoms with Gasteiger partial charge in [0.05, 0.1) is 5.41 Å². The summed E-state index contributed by atoms with van der Waals surface area (Å²) >= 11 is 0. The van der Waals surface area contributed by atoms with Crippen molar-refractivity contribution in [3.8, 4) is 0 Å². The summed E-state index contributed by atoms with van der Waals surface area (Å²) in [4.78, 5) is 10.0. The number of carbonyl (C=O) groups is 1. The lowest BCUT2D eigenvalue weighted by atomic mass is 9.98. The van der Waals surface area contributed by atoms with Crippen molar-refractivity contribution >= 4 is 5.97 Å². The van der Waals surface area contributed by atoms with E-state index in [9.17, 15) is 4.79 Å². The van der Waals surface area contributed by atoms with Gasteiger partial charge in [0.15, 0.2) is 0 Å². The molecule has 0 aromatic heterocycles. The standard InChI is InChI=1S/C5H10O2.C4H10/c1-5(2,3)4(6)7;1-3-4-2/h1-3H3,(H,6,7);3-4H2,1-2H3. The fourth-order valence-corrected chi connectivity index (χ4v) is 0. The molecular weight excluding hydrogens is 140 g/mol. The summed E-state index contributed by atoms with van der Waals surface area (Å²) in [5, 5.41) is 8.25. The monoisotopic (exact) mass is 160 g/mol. The molecule has 0 aliphatic carbocycles. The molecule has 0 aromatic rings. The minimum absolute atomic E-state index is 0.583. The van der Waals surface area contributed by atoms with Crippen LogP contribution in [-0.2, 0) is 4.79 Å². The average molecular weight is 160 g/mol. The fourth-order valence-electron chi connectivity index (χ4n) is 0. The number of rotatable bonds is 1. The number of unbranched alkanes of at least 4 members (excludes halogenated alkanes) is 1. The molecule has 11 heavy (non-hydrogen) atoms. The highest BCUT2D eigenvalue weighted by atomic mass is 16.4. The molecule has 0 saturated heterocycles. The van der Waals surface area contributed by atoms with Crippen molar-refractivity contribution in [3.05, 3.63) is 0 Å². The number of carboxylic acid groups (broad SMARTS) is 1. The maximum Gasteiger partial charge on any atom is 0.308 e. The van der Waals surface area contributed by atoms with Crippen LogP contribution in [0.5, 0.6) is 0 Å². The first kappa shape index (κ1) is 13.1. The Balaban J connectivity index is 0. The second-order valence-corrected chi connectivity index (χ2v) is 3.56. The minimum Gasteiger partial charge on any atom is -0.481 e. The lowest BCUT2D eigenvalue weighted by Crippen LogP contribution is -2.18. The van der Waals surface area contributed by atoms with Crippen molar-refractivity contribution in [1.29, 1.82) is 0 Å². The van der Waals surface area contributed by atoms with Crippen LogP contribution in [0.4, 0.5) is 0 Å². The first-order valence-corrected chi connectivity index (χ1v) is 4.09. The third-order valence-electron chi connectivity index (χ3n) is 1.14. The Labute approximate surface area is 69.6 Å². The summed E-state index contributed by atoms with van der Waals surface area (Å²) in [5.41, 5.74) is -0.583. The predicted molar refractivity (Wildman–Crippen MR) is 47.7 cm³/mol. The zero-order valence-corrected chi connectivity index (χ0v) is 8.27. The van der Waals surface area contributed by atoms with E-state index in [4.69, 9.17) is 5.11 Å². The molecule has 0 heterocycles. The van der Waals surface area contributed by atoms with Gasteiger partial charge in [0, 0.05) is 0 Å². The van der Waals surface area contributed by atoms with Crippen molar-refractivity contribution in [2.75, 3.05) is 0 Å². The van der Waals surface area contributed by atoms with E-state index < -0.39 is 11.4 Å². The maximum atomic E-state index is 10.0. The van der Waals surface area contributed by atoms with E-state index in [0.29, 0.717) is 0 Å². The Morgan fingerprint density at radius 2 is 1.36 bits per heavy atom. The van der Waals surface area contributed by atoms with Crippen molar-refractivity contribution in [1.82, 2.24) is 0 Å². The highest BCUT2D eigenvalue weighted by Crippen LogP contribution is 2.11. The van der Waals surface area contributed by atoms with Gasteiger partial charge in [0.2, 0.25) is 0 Å². The molecule has 0 spiro atoms. The molecule has 0 aliphatic rings. The van der Waals surface area contributed by atoms with Crippen LogP contribution in [0, 0.1) is 5.41 Å². The summed E-state index contributed by atoms with van der Waals surface area (Å²) < 4.78 is 0. The first-order valence-electron chi connectivity index (χ1n) is 4.09. The van der Waals surface area contributed by atoms with Gasteiger partial charge in [-0.15, -0.1) is 0 Å². The molecule has 1 N–H and O–H groups in total. The number of aliphatic carboxylic acids is 1. The van der Waals surface area contributed by atoms with Crippen LogP contribution in [-0.4, -0.2) is 11.1 Å². The lowest BCUT2D eigenvalue weighted by Gasteiger charge is -2.08. The topological polar surface area (TPSA) is 37.3 Å². The summed E-state index contributed by atoms with van der Waals surface area (Å²) in [5.74, 6) is -0.757. The average Bonchev–Trinajstić information content (AvgIpc) is 1.87. The van der Waals surface area contributed by atoms with Crippen molar-refractivity contribution in [2.45, 2.75) is 47.5 Å². The van der Waals surface area contributed by atoms with E-state index in [-0.39, 0.29) is 0 Å². The molecule has 0 saturated carbocycles. The van der Waals surface area contributed by atoms with Crippen LogP contribution in [0.3, 0.4) is 0 Å². The van der Waals surface area contributed by atoms with Crippen LogP contribution in [0.15, 0.2) is 0 Å². The zero-order chi connectivity index (χ0) is 9.49. The molecule has 0 amide bonds. The lowest BCUT2D eigenvalue weighted by molar-refractivity contribution is -0.145. The van der Waals surface area contributed by atoms with E-state index in [1.807, 2.05) is 0 Å². The van der Waals surface area contributed by atoms with Crippen molar-refractivity contribution < 1.29 is 9.90 Å². The van der Waals surface area contributed by atoms with Crippen LogP contribution < -0.4 is 0 Å². The van der Waals surface area contributed by atoms with Crippen LogP contribution in [0.2, 0.25) is 0 Å². The molecule has 0 bridgehead atoms. The number of hydrogen-bond acceptors (Lipinski definition) is 1. The molecule has 0 fully saturated rings. The predicted octanol–water partition coefficient (Wildman–Crippen LogP) is 2.92. The van der Waals surface area contributed by atoms with Gasteiger partial charge in [-0.3, -0.25) is 4.79 Å². The van der Waals surface area contributed by atoms with Gasteiger partial charge in [-0.25, -0.2) is 0 Å². The first-order chi connectivity index (χ1) is 4.86. The van der Waals surface area contributed by atoms with Gasteiger partial charge in [-0.2, -0.15) is 0 Å². The SMILES string of the molecule is CC(C)(C)C(=O)O.CCCC. The number of hydrogen-bond donors (Lipinski definition) is 1. The molecule has 0 rings (SSSR count). The molecule has 2 heteroatoms. The second kappa shape index (κ2) is 6.20. The summed E-state index contributed by atoms with van der Waals surface area (Å²) in [6.07, 6.45) is 2.64. The highest BCUT2D eigenvalue weighted by Gasteiger charge is 2.18. The van der Waals surface area contributed by atoms with Crippen LogP contribution >= 0.6 is 0 Å². The molecule has 0 aromatic carbocycles. The molecule has 0 aliphatic heterocycles. The Hall–Kier alpha value is -0.530. The smallest absolute Gasteiger partial charge is 0.308 e. The number of carboxylic acids is 1. The molecule has 0 radical (unpaired) electrons. The fraction of sp³-hybridized carbons (Fsp3) is 0.889. The van der Waals surface area contributed by atoms with Crippen LogP contribution in [0.1, 0.15) is 47.5 Å². The molecule has 0 atom stereocenters. The Kier molecular flexibility index (Phi) is 7.37. The van der Waals surface area contributed by atoms with Crippen molar-refractivity contribution in [3.63, 3.8) is 0 Å². The van der Waals surface area contributed by atoms with Gasteiger partial charge < -0.3 is 5.11 Å². The minimum atomic E-state index is -0.757. The Morgan fingerprint density at radius 3 is 1.36 bits per heavy atom. The highest BCUT2D eigenvalue weighted by molar-refractivity contribution is 5.72. The molecule has 68 valence electrons. The quantitative estimate of drug-likeness (QED) is 0.640. The maximum absolute atomic E-state index is 10.0.